The molecule has 4 nitrogen and oxygen atoms in total. The summed E-state index contributed by atoms with van der Waals surface area (Å²) >= 11 is 3.17. The molecule has 1 atom stereocenters. The Balaban J connectivity index is 1.76. The Kier molecular flexibility index (Phi) is 3.71. The van der Waals surface area contributed by atoms with E-state index in [1.165, 1.54) is 11.3 Å². The van der Waals surface area contributed by atoms with Gasteiger partial charge in [-0.15, -0.1) is 11.8 Å². The number of hydrogen-bond acceptors (Lipinski definition) is 5. The van der Waals surface area contributed by atoms with Crippen LogP contribution in [0.3, 0.4) is 0 Å². The second kappa shape index (κ2) is 5.86. The molecule has 2 heterocycles. The lowest BCUT2D eigenvalue weighted by molar-refractivity contribution is -0.115. The number of thioether (sulfide) groups is 1. The SMILES string of the molecule is COc1ccc2nc(N3C(=O)CSC3c3ccccc3)sc2c1. The largest absolute Gasteiger partial charge is 0.497 e. The topological polar surface area (TPSA) is 42.4 Å². The van der Waals surface area contributed by atoms with Gasteiger partial charge in [-0.05, 0) is 23.8 Å². The van der Waals surface area contributed by atoms with Crippen molar-refractivity contribution in [2.75, 3.05) is 17.8 Å². The molecule has 0 bridgehead atoms. The smallest absolute Gasteiger partial charge is 0.240 e. The molecule has 116 valence electrons. The van der Waals surface area contributed by atoms with Gasteiger partial charge in [0, 0.05) is 0 Å². The van der Waals surface area contributed by atoms with Gasteiger partial charge in [0.2, 0.25) is 5.91 Å². The fraction of sp³-hybridized carbons (Fsp3) is 0.176. The lowest BCUT2D eigenvalue weighted by Crippen LogP contribution is -2.27. The van der Waals surface area contributed by atoms with E-state index in [0.717, 1.165) is 26.7 Å². The first kappa shape index (κ1) is 14.5. The van der Waals surface area contributed by atoms with Crippen LogP contribution in [0, 0.1) is 0 Å². The van der Waals surface area contributed by atoms with Crippen molar-refractivity contribution < 1.29 is 9.53 Å². The molecular weight excluding hydrogens is 328 g/mol. The molecule has 1 unspecified atom stereocenters. The van der Waals surface area contributed by atoms with Crippen LogP contribution < -0.4 is 9.64 Å². The number of carbonyl (C=O) groups excluding carboxylic acids is 1. The molecule has 0 N–H and O–H groups in total. The molecule has 1 amide bonds. The van der Waals surface area contributed by atoms with Crippen LogP contribution in [0.1, 0.15) is 10.9 Å². The molecule has 0 radical (unpaired) electrons. The molecule has 2 aromatic carbocycles. The van der Waals surface area contributed by atoms with Crippen LogP contribution in [0.4, 0.5) is 5.13 Å². The van der Waals surface area contributed by atoms with E-state index in [4.69, 9.17) is 4.74 Å². The summed E-state index contributed by atoms with van der Waals surface area (Å²) in [7, 11) is 1.65. The van der Waals surface area contributed by atoms with E-state index >= 15 is 0 Å². The highest BCUT2D eigenvalue weighted by molar-refractivity contribution is 8.00. The Labute approximate surface area is 142 Å². The summed E-state index contributed by atoms with van der Waals surface area (Å²) in [5, 5.41) is 0.739. The molecule has 1 aliphatic rings. The summed E-state index contributed by atoms with van der Waals surface area (Å²) in [6, 6.07) is 15.9. The van der Waals surface area contributed by atoms with Crippen molar-refractivity contribution in [1.29, 1.82) is 0 Å². The Morgan fingerprint density at radius 3 is 2.83 bits per heavy atom. The number of ether oxygens (including phenoxy) is 1. The van der Waals surface area contributed by atoms with Crippen LogP contribution in [0.15, 0.2) is 48.5 Å². The highest BCUT2D eigenvalue weighted by atomic mass is 32.2. The Morgan fingerprint density at radius 2 is 2.04 bits per heavy atom. The number of aromatic nitrogens is 1. The lowest BCUT2D eigenvalue weighted by Gasteiger charge is -2.21. The van der Waals surface area contributed by atoms with E-state index in [9.17, 15) is 4.79 Å². The number of amides is 1. The number of nitrogens with zero attached hydrogens (tertiary/aromatic N) is 2. The van der Waals surface area contributed by atoms with E-state index in [0.29, 0.717) is 5.75 Å². The molecule has 4 rings (SSSR count). The van der Waals surface area contributed by atoms with E-state index in [1.807, 2.05) is 41.3 Å². The zero-order valence-electron chi connectivity index (χ0n) is 12.4. The second-order valence-corrected chi connectivity index (χ2v) is 7.25. The highest BCUT2D eigenvalue weighted by Crippen LogP contribution is 2.44. The van der Waals surface area contributed by atoms with Gasteiger partial charge in [-0.25, -0.2) is 4.98 Å². The summed E-state index contributed by atoms with van der Waals surface area (Å²) in [4.78, 5) is 18.9. The molecule has 0 spiro atoms. The lowest BCUT2D eigenvalue weighted by atomic mass is 10.2. The Bertz CT molecular complexity index is 863. The van der Waals surface area contributed by atoms with E-state index in [-0.39, 0.29) is 11.3 Å². The van der Waals surface area contributed by atoms with Crippen LogP contribution in [-0.2, 0) is 4.79 Å². The van der Waals surface area contributed by atoms with Crippen LogP contribution in [-0.4, -0.2) is 23.8 Å². The number of methoxy groups -OCH3 is 1. The quantitative estimate of drug-likeness (QED) is 0.719. The maximum Gasteiger partial charge on any atom is 0.240 e. The third kappa shape index (κ3) is 2.58. The standard InChI is InChI=1S/C17H14N2O2S2/c1-21-12-7-8-13-14(9-12)23-17(18-13)19-15(20)10-22-16(19)11-5-3-2-4-6-11/h2-9,16H,10H2,1H3. The minimum absolute atomic E-state index is 0.00819. The van der Waals surface area contributed by atoms with Gasteiger partial charge in [-0.2, -0.15) is 0 Å². The molecule has 23 heavy (non-hydrogen) atoms. The number of anilines is 1. The van der Waals surface area contributed by atoms with Crippen molar-refractivity contribution in [1.82, 2.24) is 4.98 Å². The van der Waals surface area contributed by atoms with Crippen LogP contribution >= 0.6 is 23.1 Å². The molecular formula is C17H14N2O2S2. The highest BCUT2D eigenvalue weighted by Gasteiger charge is 2.35. The van der Waals surface area contributed by atoms with Gasteiger partial charge in [-0.1, -0.05) is 41.7 Å². The van der Waals surface area contributed by atoms with Gasteiger partial charge in [0.15, 0.2) is 5.13 Å². The van der Waals surface area contributed by atoms with Crippen molar-refractivity contribution in [3.05, 3.63) is 54.1 Å². The number of fused-ring (bicyclic) bond motifs is 1. The normalized spacial score (nSPS) is 17.9. The molecule has 0 saturated carbocycles. The van der Waals surface area contributed by atoms with Crippen molar-refractivity contribution in [2.24, 2.45) is 0 Å². The predicted molar refractivity (Wildman–Crippen MR) is 95.3 cm³/mol. The molecule has 0 aliphatic carbocycles. The average molecular weight is 342 g/mol. The van der Waals surface area contributed by atoms with Crippen LogP contribution in [0.25, 0.3) is 10.2 Å². The summed E-state index contributed by atoms with van der Waals surface area (Å²) in [5.41, 5.74) is 2.02. The van der Waals surface area contributed by atoms with Crippen LogP contribution in [0.2, 0.25) is 0 Å². The Hall–Kier alpha value is -2.05. The number of benzene rings is 2. The number of hydrogen-bond donors (Lipinski definition) is 0. The summed E-state index contributed by atoms with van der Waals surface area (Å²) in [6.45, 7) is 0. The first-order valence-electron chi connectivity index (χ1n) is 7.19. The maximum absolute atomic E-state index is 12.4. The fourth-order valence-electron chi connectivity index (χ4n) is 2.62. The van der Waals surface area contributed by atoms with Crippen molar-refractivity contribution >= 4 is 44.4 Å². The average Bonchev–Trinajstić information content (AvgIpc) is 3.17. The van der Waals surface area contributed by atoms with Gasteiger partial charge >= 0.3 is 0 Å². The summed E-state index contributed by atoms with van der Waals surface area (Å²) < 4.78 is 6.29. The summed E-state index contributed by atoms with van der Waals surface area (Å²) in [5.74, 6) is 1.39. The summed E-state index contributed by atoms with van der Waals surface area (Å²) in [6.07, 6.45) is 0. The monoisotopic (exact) mass is 342 g/mol. The van der Waals surface area contributed by atoms with Gasteiger partial charge in [-0.3, -0.25) is 9.69 Å². The second-order valence-electron chi connectivity index (χ2n) is 5.17. The van der Waals surface area contributed by atoms with Gasteiger partial charge in [0.1, 0.15) is 11.1 Å². The van der Waals surface area contributed by atoms with Crippen molar-refractivity contribution in [2.45, 2.75) is 5.37 Å². The molecule has 3 aromatic rings. The molecule has 1 aliphatic heterocycles. The zero-order chi connectivity index (χ0) is 15.8. The predicted octanol–water partition coefficient (Wildman–Crippen LogP) is 4.08. The Morgan fingerprint density at radius 1 is 1.22 bits per heavy atom. The van der Waals surface area contributed by atoms with Gasteiger partial charge in [0.05, 0.1) is 23.1 Å². The first-order chi connectivity index (χ1) is 11.3. The number of thiazole rings is 1. The van der Waals surface area contributed by atoms with Crippen molar-refractivity contribution in [3.63, 3.8) is 0 Å². The van der Waals surface area contributed by atoms with Crippen molar-refractivity contribution in [3.8, 4) is 5.75 Å². The minimum Gasteiger partial charge on any atom is -0.497 e. The van der Waals surface area contributed by atoms with Gasteiger partial charge in [0.25, 0.3) is 0 Å². The van der Waals surface area contributed by atoms with Crippen LogP contribution in [0.5, 0.6) is 5.75 Å². The number of carbonyl (C=O) groups is 1. The van der Waals surface area contributed by atoms with E-state index in [2.05, 4.69) is 17.1 Å². The zero-order valence-corrected chi connectivity index (χ0v) is 14.1. The fourth-order valence-corrected chi connectivity index (χ4v) is 4.88. The maximum atomic E-state index is 12.4. The number of rotatable bonds is 3. The van der Waals surface area contributed by atoms with E-state index in [1.54, 1.807) is 18.9 Å². The molecule has 6 heteroatoms. The third-order valence-corrected chi connectivity index (χ3v) is 5.97. The first-order valence-corrected chi connectivity index (χ1v) is 9.06. The molecule has 1 fully saturated rings. The molecule has 1 saturated heterocycles. The van der Waals surface area contributed by atoms with E-state index < -0.39 is 0 Å². The molecule has 1 aromatic heterocycles. The van der Waals surface area contributed by atoms with Gasteiger partial charge < -0.3 is 4.74 Å². The third-order valence-electron chi connectivity index (χ3n) is 3.74. The minimum atomic E-state index is -0.00819.